The van der Waals surface area contributed by atoms with E-state index in [0.717, 1.165) is 18.2 Å². The maximum atomic E-state index is 10.7. The van der Waals surface area contributed by atoms with E-state index in [9.17, 15) is 4.79 Å². The lowest BCUT2D eigenvalue weighted by Crippen LogP contribution is -2.38. The summed E-state index contributed by atoms with van der Waals surface area (Å²) in [5, 5.41) is 8.78. The quantitative estimate of drug-likeness (QED) is 0.864. The smallest absolute Gasteiger partial charge is 0.307 e. The minimum Gasteiger partial charge on any atom is -0.481 e. The molecule has 1 aromatic rings. The first-order valence-electron chi connectivity index (χ1n) is 7.72. The van der Waals surface area contributed by atoms with Crippen LogP contribution in [0.2, 0.25) is 0 Å². The summed E-state index contributed by atoms with van der Waals surface area (Å²) in [6.07, 6.45) is 6.64. The van der Waals surface area contributed by atoms with Crippen LogP contribution in [0.25, 0.3) is 0 Å². The zero-order chi connectivity index (χ0) is 14.4. The van der Waals surface area contributed by atoms with Gasteiger partial charge in [-0.1, -0.05) is 44.0 Å². The number of likely N-dealkylation sites (tertiary alicyclic amines) is 1. The fraction of sp³-hybridized carbons (Fsp3) is 0.588. The highest BCUT2D eigenvalue weighted by Gasteiger charge is 2.21. The molecule has 1 atom stereocenters. The van der Waals surface area contributed by atoms with Crippen LogP contribution in [0.3, 0.4) is 0 Å². The molecule has 1 aliphatic rings. The number of aliphatic carboxylic acids is 1. The Labute approximate surface area is 121 Å². The summed E-state index contributed by atoms with van der Waals surface area (Å²) in [4.78, 5) is 13.3. The molecule has 1 aromatic carbocycles. The van der Waals surface area contributed by atoms with Gasteiger partial charge >= 0.3 is 5.97 Å². The molecule has 1 N–H and O–H groups in total. The Morgan fingerprint density at radius 2 is 1.95 bits per heavy atom. The monoisotopic (exact) mass is 275 g/mol. The van der Waals surface area contributed by atoms with Crippen LogP contribution in [0.5, 0.6) is 0 Å². The average molecular weight is 275 g/mol. The Balaban J connectivity index is 1.95. The number of nitrogens with zero attached hydrogens (tertiary/aromatic N) is 1. The van der Waals surface area contributed by atoms with Gasteiger partial charge < -0.3 is 5.11 Å². The number of carboxylic acids is 1. The second-order valence-corrected chi connectivity index (χ2v) is 5.80. The Morgan fingerprint density at radius 3 is 2.60 bits per heavy atom. The van der Waals surface area contributed by atoms with Gasteiger partial charge in [0.2, 0.25) is 0 Å². The second-order valence-electron chi connectivity index (χ2n) is 5.80. The van der Waals surface area contributed by atoms with Crippen LogP contribution in [0, 0.1) is 0 Å². The Morgan fingerprint density at radius 1 is 1.25 bits per heavy atom. The van der Waals surface area contributed by atoms with E-state index in [-0.39, 0.29) is 6.42 Å². The number of benzene rings is 1. The fourth-order valence-electron chi connectivity index (χ4n) is 3.10. The summed E-state index contributed by atoms with van der Waals surface area (Å²) in [5.74, 6) is -0.767. The first kappa shape index (κ1) is 15.0. The van der Waals surface area contributed by atoms with Gasteiger partial charge in [-0.3, -0.25) is 9.69 Å². The predicted octanol–water partition coefficient (Wildman–Crippen LogP) is 3.47. The van der Waals surface area contributed by atoms with E-state index in [4.69, 9.17) is 5.11 Å². The third-order valence-corrected chi connectivity index (χ3v) is 4.13. The highest BCUT2D eigenvalue weighted by Crippen LogP contribution is 2.23. The highest BCUT2D eigenvalue weighted by atomic mass is 16.4. The molecule has 20 heavy (non-hydrogen) atoms. The van der Waals surface area contributed by atoms with Gasteiger partial charge in [-0.25, -0.2) is 0 Å². The highest BCUT2D eigenvalue weighted by molar-refractivity contribution is 5.70. The largest absolute Gasteiger partial charge is 0.481 e. The molecule has 2 rings (SSSR count). The maximum absolute atomic E-state index is 10.7. The summed E-state index contributed by atoms with van der Waals surface area (Å²) in [6.45, 7) is 4.45. The van der Waals surface area contributed by atoms with Gasteiger partial charge in [0.1, 0.15) is 0 Å². The van der Waals surface area contributed by atoms with Crippen LogP contribution in [0.15, 0.2) is 24.3 Å². The van der Waals surface area contributed by atoms with Crippen molar-refractivity contribution in [1.29, 1.82) is 0 Å². The van der Waals surface area contributed by atoms with Crippen LogP contribution < -0.4 is 0 Å². The molecule has 1 heterocycles. The molecule has 110 valence electrons. The molecule has 3 nitrogen and oxygen atoms in total. The molecule has 0 aliphatic carbocycles. The zero-order valence-electron chi connectivity index (χ0n) is 12.3. The molecule has 1 saturated heterocycles. The molecule has 0 aromatic heterocycles. The molecule has 1 unspecified atom stereocenters. The summed E-state index contributed by atoms with van der Waals surface area (Å²) in [5.41, 5.74) is 2.17. The second kappa shape index (κ2) is 7.44. The van der Waals surface area contributed by atoms with Gasteiger partial charge in [0.15, 0.2) is 0 Å². The minimum atomic E-state index is -0.767. The summed E-state index contributed by atoms with van der Waals surface area (Å²) in [7, 11) is 0. The third-order valence-electron chi connectivity index (χ3n) is 4.13. The predicted molar refractivity (Wildman–Crippen MR) is 80.7 cm³/mol. The van der Waals surface area contributed by atoms with Crippen molar-refractivity contribution in [1.82, 2.24) is 4.90 Å². The van der Waals surface area contributed by atoms with Crippen molar-refractivity contribution in [2.45, 2.75) is 58.0 Å². The van der Waals surface area contributed by atoms with Crippen molar-refractivity contribution in [3.63, 3.8) is 0 Å². The summed E-state index contributed by atoms with van der Waals surface area (Å²) < 4.78 is 0. The van der Waals surface area contributed by atoms with Crippen LogP contribution in [0.1, 0.15) is 50.2 Å². The van der Waals surface area contributed by atoms with E-state index < -0.39 is 5.97 Å². The van der Waals surface area contributed by atoms with Gasteiger partial charge in [-0.15, -0.1) is 0 Å². The topological polar surface area (TPSA) is 40.5 Å². The van der Waals surface area contributed by atoms with Gasteiger partial charge in [0.25, 0.3) is 0 Å². The van der Waals surface area contributed by atoms with Crippen LogP contribution in [-0.2, 0) is 17.8 Å². The van der Waals surface area contributed by atoms with Crippen LogP contribution >= 0.6 is 0 Å². The molecular weight excluding hydrogens is 250 g/mol. The lowest BCUT2D eigenvalue weighted by atomic mass is 9.97. The molecule has 0 radical (unpaired) electrons. The normalized spacial score (nSPS) is 19.9. The summed E-state index contributed by atoms with van der Waals surface area (Å²) >= 11 is 0. The molecule has 0 amide bonds. The standard InChI is InChI=1S/C17H25NO2/c1-2-5-16-6-3-4-11-18(16)13-15-9-7-14(8-10-15)12-17(19)20/h7-10,16H,2-6,11-13H2,1H3,(H,19,20). The Bertz CT molecular complexity index is 425. The molecule has 1 fully saturated rings. The fourth-order valence-corrected chi connectivity index (χ4v) is 3.10. The third kappa shape index (κ3) is 4.34. The van der Waals surface area contributed by atoms with Crippen LogP contribution in [-0.4, -0.2) is 28.6 Å². The van der Waals surface area contributed by atoms with E-state index in [0.29, 0.717) is 0 Å². The number of hydrogen-bond donors (Lipinski definition) is 1. The number of piperidine rings is 1. The molecule has 0 saturated carbocycles. The van der Waals surface area contributed by atoms with E-state index in [1.807, 2.05) is 12.1 Å². The van der Waals surface area contributed by atoms with Gasteiger partial charge in [0, 0.05) is 12.6 Å². The molecular formula is C17H25NO2. The van der Waals surface area contributed by atoms with Crippen molar-refractivity contribution in [2.75, 3.05) is 6.54 Å². The van der Waals surface area contributed by atoms with Crippen molar-refractivity contribution >= 4 is 5.97 Å². The SMILES string of the molecule is CCCC1CCCCN1Cc1ccc(CC(=O)O)cc1. The summed E-state index contributed by atoms with van der Waals surface area (Å²) in [6, 6.07) is 8.78. The zero-order valence-corrected chi connectivity index (χ0v) is 12.3. The van der Waals surface area contributed by atoms with Gasteiger partial charge in [0.05, 0.1) is 6.42 Å². The lowest BCUT2D eigenvalue weighted by Gasteiger charge is -2.35. The Hall–Kier alpha value is -1.35. The first-order chi connectivity index (χ1) is 9.69. The molecule has 1 aliphatic heterocycles. The molecule has 3 heteroatoms. The van der Waals surface area contributed by atoms with Gasteiger partial charge in [-0.2, -0.15) is 0 Å². The van der Waals surface area contributed by atoms with Crippen LogP contribution in [0.4, 0.5) is 0 Å². The van der Waals surface area contributed by atoms with E-state index in [2.05, 4.69) is 24.0 Å². The lowest BCUT2D eigenvalue weighted by molar-refractivity contribution is -0.136. The Kier molecular flexibility index (Phi) is 5.60. The van der Waals surface area contributed by atoms with E-state index in [1.165, 1.54) is 44.2 Å². The van der Waals surface area contributed by atoms with Crippen molar-refractivity contribution in [3.8, 4) is 0 Å². The number of hydrogen-bond acceptors (Lipinski definition) is 2. The minimum absolute atomic E-state index is 0.114. The molecule has 0 bridgehead atoms. The first-order valence-corrected chi connectivity index (χ1v) is 7.72. The van der Waals surface area contributed by atoms with Gasteiger partial charge in [-0.05, 0) is 36.9 Å². The van der Waals surface area contributed by atoms with E-state index >= 15 is 0 Å². The number of carboxylic acid groups (broad SMARTS) is 1. The van der Waals surface area contributed by atoms with Crippen molar-refractivity contribution in [2.24, 2.45) is 0 Å². The maximum Gasteiger partial charge on any atom is 0.307 e. The van der Waals surface area contributed by atoms with E-state index in [1.54, 1.807) is 0 Å². The molecule has 0 spiro atoms. The number of rotatable bonds is 6. The van der Waals surface area contributed by atoms with Crippen molar-refractivity contribution < 1.29 is 9.90 Å². The average Bonchev–Trinajstić information content (AvgIpc) is 2.43. The number of carbonyl (C=O) groups is 1. The van der Waals surface area contributed by atoms with Crippen molar-refractivity contribution in [3.05, 3.63) is 35.4 Å².